The molecule has 1 aliphatic rings. The Bertz CT molecular complexity index is 916. The zero-order chi connectivity index (χ0) is 19.6. The molecule has 1 aromatic heterocycles. The van der Waals surface area contributed by atoms with E-state index in [4.69, 9.17) is 10.5 Å². The second kappa shape index (κ2) is 7.61. The predicted molar refractivity (Wildman–Crippen MR) is 98.9 cm³/mol. The molecule has 0 saturated carbocycles. The molecular weight excluding hydrogens is 350 g/mol. The van der Waals surface area contributed by atoms with E-state index >= 15 is 0 Å². The quantitative estimate of drug-likeness (QED) is 0.373. The number of fused-ring (bicyclic) bond motifs is 1. The van der Waals surface area contributed by atoms with Crippen LogP contribution in [-0.2, 0) is 17.7 Å². The molecule has 0 spiro atoms. The van der Waals surface area contributed by atoms with Crippen molar-refractivity contribution in [1.29, 1.82) is 0 Å². The van der Waals surface area contributed by atoms with Gasteiger partial charge in [0.05, 0.1) is 17.2 Å². The normalized spacial score (nSPS) is 13.5. The molecule has 0 unspecified atom stereocenters. The monoisotopic (exact) mass is 371 g/mol. The van der Waals surface area contributed by atoms with Crippen LogP contribution in [0.4, 0.5) is 11.4 Å². The molecule has 0 fully saturated rings. The third kappa shape index (κ3) is 3.42. The first-order valence-electron chi connectivity index (χ1n) is 8.92. The van der Waals surface area contributed by atoms with E-state index in [1.807, 2.05) is 0 Å². The number of nitro groups is 1. The molecule has 0 saturated heterocycles. The Kier molecular flexibility index (Phi) is 5.25. The number of aromatic nitrogens is 1. The smallest absolute Gasteiger partial charge is 0.342 e. The second-order valence-electron chi connectivity index (χ2n) is 6.40. The lowest BCUT2D eigenvalue weighted by Gasteiger charge is -2.10. The second-order valence-corrected chi connectivity index (χ2v) is 6.40. The Labute approximate surface area is 156 Å². The maximum Gasteiger partial charge on any atom is 0.342 e. The van der Waals surface area contributed by atoms with Crippen LogP contribution in [0.3, 0.4) is 0 Å². The number of nitrogens with zero attached hydrogens (tertiary/aromatic N) is 2. The number of ketones is 1. The molecule has 0 amide bonds. The first-order chi connectivity index (χ1) is 13.0. The van der Waals surface area contributed by atoms with E-state index in [2.05, 4.69) is 0 Å². The average Bonchev–Trinajstić information content (AvgIpc) is 2.78. The first-order valence-corrected chi connectivity index (χ1v) is 8.92. The van der Waals surface area contributed by atoms with Crippen LogP contribution < -0.4 is 5.73 Å². The van der Waals surface area contributed by atoms with Crippen LogP contribution in [-0.4, -0.2) is 27.8 Å². The van der Waals surface area contributed by atoms with Gasteiger partial charge in [0.2, 0.25) is 5.78 Å². The highest BCUT2D eigenvalue weighted by Gasteiger charge is 2.31. The number of nitrogen functional groups attached to an aromatic ring is 1. The lowest BCUT2D eigenvalue weighted by atomic mass is 10.0. The van der Waals surface area contributed by atoms with Crippen molar-refractivity contribution >= 4 is 23.1 Å². The number of rotatable bonds is 5. The molecule has 142 valence electrons. The minimum atomic E-state index is -0.553. The number of esters is 1. The van der Waals surface area contributed by atoms with Crippen LogP contribution in [0.1, 0.15) is 58.3 Å². The van der Waals surface area contributed by atoms with Gasteiger partial charge >= 0.3 is 5.97 Å². The fraction of sp³-hybridized carbons (Fsp3) is 0.368. The number of hydrogen-bond acceptors (Lipinski definition) is 6. The number of carbonyl (C=O) groups is 2. The van der Waals surface area contributed by atoms with E-state index < -0.39 is 16.7 Å². The van der Waals surface area contributed by atoms with Gasteiger partial charge in [-0.3, -0.25) is 14.9 Å². The van der Waals surface area contributed by atoms with Crippen molar-refractivity contribution in [3.63, 3.8) is 0 Å². The first kappa shape index (κ1) is 18.6. The molecular formula is C19H21N3O5. The summed E-state index contributed by atoms with van der Waals surface area (Å²) in [6.45, 7) is 2.48. The van der Waals surface area contributed by atoms with Gasteiger partial charge in [0, 0.05) is 29.9 Å². The molecule has 8 heteroatoms. The lowest BCUT2D eigenvalue weighted by Crippen LogP contribution is -2.13. The summed E-state index contributed by atoms with van der Waals surface area (Å²) in [4.78, 5) is 36.1. The molecule has 3 rings (SSSR count). The minimum Gasteiger partial charge on any atom is -0.462 e. The van der Waals surface area contributed by atoms with E-state index in [1.165, 1.54) is 24.3 Å². The van der Waals surface area contributed by atoms with Crippen molar-refractivity contribution in [2.75, 3.05) is 12.3 Å². The SMILES string of the molecule is CCOC(=O)c1c(N)c(C(=O)c2cccc([N+](=O)[O-])c2)n2c1CCCCC2. The number of benzene rings is 1. The van der Waals surface area contributed by atoms with Gasteiger partial charge in [-0.2, -0.15) is 0 Å². The summed E-state index contributed by atoms with van der Waals surface area (Å²) in [5, 5.41) is 11.0. The van der Waals surface area contributed by atoms with Gasteiger partial charge in [-0.1, -0.05) is 18.6 Å². The molecule has 0 bridgehead atoms. The highest BCUT2D eigenvalue weighted by molar-refractivity contribution is 6.14. The van der Waals surface area contributed by atoms with Crippen molar-refractivity contribution in [2.45, 2.75) is 39.2 Å². The molecule has 27 heavy (non-hydrogen) atoms. The number of anilines is 1. The topological polar surface area (TPSA) is 117 Å². The fourth-order valence-corrected chi connectivity index (χ4v) is 3.51. The largest absolute Gasteiger partial charge is 0.462 e. The zero-order valence-corrected chi connectivity index (χ0v) is 15.1. The molecule has 1 aromatic carbocycles. The average molecular weight is 371 g/mol. The van der Waals surface area contributed by atoms with Gasteiger partial charge in [-0.25, -0.2) is 4.79 Å². The van der Waals surface area contributed by atoms with E-state index in [0.29, 0.717) is 18.7 Å². The van der Waals surface area contributed by atoms with Crippen LogP contribution in [0.15, 0.2) is 24.3 Å². The Morgan fingerprint density at radius 1 is 1.30 bits per heavy atom. The summed E-state index contributed by atoms with van der Waals surface area (Å²) in [6, 6.07) is 5.51. The summed E-state index contributed by atoms with van der Waals surface area (Å²) in [5.74, 6) is -0.978. The molecule has 2 N–H and O–H groups in total. The van der Waals surface area contributed by atoms with E-state index in [-0.39, 0.29) is 34.8 Å². The summed E-state index contributed by atoms with van der Waals surface area (Å²) in [6.07, 6.45) is 3.35. The van der Waals surface area contributed by atoms with Gasteiger partial charge in [0.1, 0.15) is 11.3 Å². The maximum atomic E-state index is 13.1. The van der Waals surface area contributed by atoms with Crippen molar-refractivity contribution < 1.29 is 19.2 Å². The van der Waals surface area contributed by atoms with Crippen LogP contribution >= 0.6 is 0 Å². The Hall–Kier alpha value is -3.16. The highest BCUT2D eigenvalue weighted by atomic mass is 16.6. The molecule has 2 aromatic rings. The number of nitrogens with two attached hydrogens (primary N) is 1. The summed E-state index contributed by atoms with van der Waals surface area (Å²) in [7, 11) is 0. The van der Waals surface area contributed by atoms with Crippen LogP contribution in [0.25, 0.3) is 0 Å². The van der Waals surface area contributed by atoms with Crippen molar-refractivity contribution in [3.8, 4) is 0 Å². The highest BCUT2D eigenvalue weighted by Crippen LogP contribution is 2.32. The molecule has 0 atom stereocenters. The van der Waals surface area contributed by atoms with Crippen molar-refractivity contribution in [2.24, 2.45) is 0 Å². The Morgan fingerprint density at radius 2 is 2.07 bits per heavy atom. The molecule has 8 nitrogen and oxygen atoms in total. The van der Waals surface area contributed by atoms with Gasteiger partial charge in [-0.15, -0.1) is 0 Å². The molecule has 0 aliphatic carbocycles. The number of hydrogen-bond donors (Lipinski definition) is 1. The zero-order valence-electron chi connectivity index (χ0n) is 15.1. The summed E-state index contributed by atoms with van der Waals surface area (Å²) >= 11 is 0. The minimum absolute atomic E-state index is 0.0851. The van der Waals surface area contributed by atoms with E-state index in [9.17, 15) is 19.7 Å². The molecule has 1 aliphatic heterocycles. The third-order valence-electron chi connectivity index (χ3n) is 4.72. The maximum absolute atomic E-state index is 13.1. The van der Waals surface area contributed by atoms with Gasteiger partial charge in [0.15, 0.2) is 0 Å². The van der Waals surface area contributed by atoms with Crippen LogP contribution in [0, 0.1) is 10.1 Å². The van der Waals surface area contributed by atoms with Crippen molar-refractivity contribution in [3.05, 3.63) is 56.9 Å². The van der Waals surface area contributed by atoms with Crippen LogP contribution in [0.5, 0.6) is 0 Å². The Balaban J connectivity index is 2.15. The fourth-order valence-electron chi connectivity index (χ4n) is 3.51. The summed E-state index contributed by atoms with van der Waals surface area (Å²) < 4.78 is 6.92. The van der Waals surface area contributed by atoms with Crippen molar-refractivity contribution in [1.82, 2.24) is 4.57 Å². The number of carbonyl (C=O) groups excluding carboxylic acids is 2. The summed E-state index contributed by atoms with van der Waals surface area (Å²) in [5.41, 5.74) is 7.45. The molecule has 2 heterocycles. The number of nitro benzene ring substituents is 1. The van der Waals surface area contributed by atoms with Crippen LogP contribution in [0.2, 0.25) is 0 Å². The number of ether oxygens (including phenoxy) is 1. The molecule has 0 radical (unpaired) electrons. The van der Waals surface area contributed by atoms with E-state index in [0.717, 1.165) is 19.3 Å². The predicted octanol–water partition coefficient (Wildman–Crippen LogP) is 3.11. The standard InChI is InChI=1S/C19H21N3O5/c1-2-27-19(24)15-14-9-4-3-5-10-21(14)17(16(15)20)18(23)12-7-6-8-13(11-12)22(25)26/h6-8,11H,2-5,9-10,20H2,1H3. The van der Waals surface area contributed by atoms with Gasteiger partial charge < -0.3 is 15.0 Å². The van der Waals surface area contributed by atoms with Gasteiger partial charge in [-0.05, 0) is 26.2 Å². The lowest BCUT2D eigenvalue weighted by molar-refractivity contribution is -0.384. The van der Waals surface area contributed by atoms with Gasteiger partial charge in [0.25, 0.3) is 5.69 Å². The third-order valence-corrected chi connectivity index (χ3v) is 4.72. The Morgan fingerprint density at radius 3 is 2.78 bits per heavy atom. The van der Waals surface area contributed by atoms with E-state index in [1.54, 1.807) is 11.5 Å². The number of non-ortho nitro benzene ring substituents is 1.